The van der Waals surface area contributed by atoms with E-state index in [1.165, 1.54) is 4.52 Å². The van der Waals surface area contributed by atoms with Crippen molar-refractivity contribution in [3.63, 3.8) is 0 Å². The van der Waals surface area contributed by atoms with Gasteiger partial charge in [0.05, 0.1) is 0 Å². The normalized spacial score (nSPS) is 17.2. The number of anilines is 1. The SMILES string of the molecule is O=c1[nH]nc2ccc(N3CCN(CCCl)CC3)nn12. The molecule has 3 rings (SSSR count). The van der Waals surface area contributed by atoms with Crippen LogP contribution in [-0.4, -0.2) is 63.3 Å². The molecule has 0 spiro atoms. The minimum Gasteiger partial charge on any atom is -0.353 e. The molecule has 0 bridgehead atoms. The second-order valence-corrected chi connectivity index (χ2v) is 4.89. The van der Waals surface area contributed by atoms with Crippen LogP contribution in [0.1, 0.15) is 0 Å². The number of hydrogen-bond donors (Lipinski definition) is 1. The Labute approximate surface area is 114 Å². The van der Waals surface area contributed by atoms with Crippen LogP contribution in [0.2, 0.25) is 0 Å². The molecule has 0 unspecified atom stereocenters. The highest BCUT2D eigenvalue weighted by Gasteiger charge is 2.18. The molecule has 0 amide bonds. The molecule has 19 heavy (non-hydrogen) atoms. The highest BCUT2D eigenvalue weighted by Crippen LogP contribution is 2.13. The number of hydrogen-bond acceptors (Lipinski definition) is 5. The molecule has 3 heterocycles. The summed E-state index contributed by atoms with van der Waals surface area (Å²) in [6.07, 6.45) is 0. The van der Waals surface area contributed by atoms with Gasteiger partial charge in [-0.1, -0.05) is 0 Å². The van der Waals surface area contributed by atoms with Gasteiger partial charge in [-0.3, -0.25) is 4.90 Å². The Balaban J connectivity index is 1.78. The summed E-state index contributed by atoms with van der Waals surface area (Å²) in [5.41, 5.74) is 0.229. The van der Waals surface area contributed by atoms with Crippen molar-refractivity contribution in [2.24, 2.45) is 0 Å². The van der Waals surface area contributed by atoms with Crippen LogP contribution < -0.4 is 10.6 Å². The van der Waals surface area contributed by atoms with E-state index in [0.717, 1.165) is 38.5 Å². The van der Waals surface area contributed by atoms with Gasteiger partial charge in [0.2, 0.25) is 0 Å². The zero-order chi connectivity index (χ0) is 13.2. The quantitative estimate of drug-likeness (QED) is 0.788. The predicted molar refractivity (Wildman–Crippen MR) is 73.0 cm³/mol. The summed E-state index contributed by atoms with van der Waals surface area (Å²) in [4.78, 5) is 16.0. The zero-order valence-electron chi connectivity index (χ0n) is 10.4. The molecule has 1 fully saturated rings. The van der Waals surface area contributed by atoms with Gasteiger partial charge in [0.15, 0.2) is 5.65 Å². The molecule has 1 saturated heterocycles. The monoisotopic (exact) mass is 282 g/mol. The molecular weight excluding hydrogens is 268 g/mol. The molecular formula is C11H15ClN6O. The van der Waals surface area contributed by atoms with Crippen molar-refractivity contribution in [3.8, 4) is 0 Å². The van der Waals surface area contributed by atoms with E-state index in [9.17, 15) is 4.79 Å². The Morgan fingerprint density at radius 2 is 2.05 bits per heavy atom. The number of rotatable bonds is 3. The van der Waals surface area contributed by atoms with E-state index in [2.05, 4.69) is 25.1 Å². The van der Waals surface area contributed by atoms with Gasteiger partial charge in [-0.15, -0.1) is 16.7 Å². The summed E-state index contributed by atoms with van der Waals surface area (Å²) < 4.78 is 1.29. The van der Waals surface area contributed by atoms with Crippen molar-refractivity contribution in [1.29, 1.82) is 0 Å². The van der Waals surface area contributed by atoms with E-state index < -0.39 is 0 Å². The van der Waals surface area contributed by atoms with Gasteiger partial charge in [-0.25, -0.2) is 9.89 Å². The second-order valence-electron chi connectivity index (χ2n) is 4.51. The summed E-state index contributed by atoms with van der Waals surface area (Å²) in [7, 11) is 0. The lowest BCUT2D eigenvalue weighted by Crippen LogP contribution is -2.47. The first-order chi connectivity index (χ1) is 9.28. The zero-order valence-corrected chi connectivity index (χ0v) is 11.2. The van der Waals surface area contributed by atoms with Gasteiger partial charge in [0, 0.05) is 38.6 Å². The van der Waals surface area contributed by atoms with Gasteiger partial charge >= 0.3 is 5.69 Å². The van der Waals surface area contributed by atoms with E-state index in [-0.39, 0.29) is 5.69 Å². The van der Waals surface area contributed by atoms with Crippen molar-refractivity contribution in [3.05, 3.63) is 22.6 Å². The molecule has 2 aromatic heterocycles. The summed E-state index contributed by atoms with van der Waals surface area (Å²) in [6, 6.07) is 3.69. The largest absolute Gasteiger partial charge is 0.364 e. The fourth-order valence-corrected chi connectivity index (χ4v) is 2.52. The third-order valence-corrected chi connectivity index (χ3v) is 3.53. The first kappa shape index (κ1) is 12.4. The van der Waals surface area contributed by atoms with Crippen LogP contribution >= 0.6 is 11.6 Å². The van der Waals surface area contributed by atoms with Crippen LogP contribution in [0.4, 0.5) is 5.82 Å². The van der Waals surface area contributed by atoms with Gasteiger partial charge in [0.1, 0.15) is 5.82 Å². The second kappa shape index (κ2) is 5.18. The minimum atomic E-state index is -0.308. The Morgan fingerprint density at radius 1 is 1.26 bits per heavy atom. The highest BCUT2D eigenvalue weighted by molar-refractivity contribution is 6.18. The van der Waals surface area contributed by atoms with Gasteiger partial charge < -0.3 is 4.90 Å². The molecule has 0 atom stereocenters. The molecule has 0 saturated carbocycles. The van der Waals surface area contributed by atoms with E-state index in [0.29, 0.717) is 11.5 Å². The third-order valence-electron chi connectivity index (χ3n) is 3.36. The smallest absolute Gasteiger partial charge is 0.353 e. The Kier molecular flexibility index (Phi) is 3.39. The number of aromatic nitrogens is 4. The number of halogens is 1. The maximum atomic E-state index is 11.5. The highest BCUT2D eigenvalue weighted by atomic mass is 35.5. The molecule has 102 valence electrons. The molecule has 7 nitrogen and oxygen atoms in total. The third kappa shape index (κ3) is 2.43. The Morgan fingerprint density at radius 3 is 2.79 bits per heavy atom. The lowest BCUT2D eigenvalue weighted by molar-refractivity contribution is 0.272. The molecule has 2 aromatic rings. The average Bonchev–Trinajstić information content (AvgIpc) is 2.81. The van der Waals surface area contributed by atoms with Crippen LogP contribution in [0.15, 0.2) is 16.9 Å². The summed E-state index contributed by atoms with van der Waals surface area (Å²) in [5, 5.41) is 10.6. The lowest BCUT2D eigenvalue weighted by atomic mass is 10.3. The summed E-state index contributed by atoms with van der Waals surface area (Å²) in [5.74, 6) is 1.47. The van der Waals surface area contributed by atoms with E-state index in [4.69, 9.17) is 11.6 Å². The topological polar surface area (TPSA) is 69.5 Å². The van der Waals surface area contributed by atoms with E-state index in [1.807, 2.05) is 6.07 Å². The summed E-state index contributed by atoms with van der Waals surface area (Å²) in [6.45, 7) is 4.63. The molecule has 0 aromatic carbocycles. The van der Waals surface area contributed by atoms with Crippen LogP contribution in [0.25, 0.3) is 5.65 Å². The van der Waals surface area contributed by atoms with Crippen LogP contribution in [0.3, 0.4) is 0 Å². The van der Waals surface area contributed by atoms with Crippen molar-refractivity contribution in [1.82, 2.24) is 24.7 Å². The molecule has 1 aliphatic heterocycles. The Hall–Kier alpha value is -1.60. The number of fused-ring (bicyclic) bond motifs is 1. The van der Waals surface area contributed by atoms with Crippen molar-refractivity contribution in [2.45, 2.75) is 0 Å². The first-order valence-corrected chi connectivity index (χ1v) is 6.79. The number of nitrogens with zero attached hydrogens (tertiary/aromatic N) is 5. The predicted octanol–water partition coefficient (Wildman–Crippen LogP) is -0.222. The van der Waals surface area contributed by atoms with E-state index in [1.54, 1.807) is 6.07 Å². The number of alkyl halides is 1. The minimum absolute atomic E-state index is 0.308. The van der Waals surface area contributed by atoms with Gasteiger partial charge in [-0.05, 0) is 12.1 Å². The van der Waals surface area contributed by atoms with Crippen molar-refractivity contribution < 1.29 is 0 Å². The molecule has 1 N–H and O–H groups in total. The molecule has 0 radical (unpaired) electrons. The van der Waals surface area contributed by atoms with Crippen LogP contribution in [0, 0.1) is 0 Å². The molecule has 8 heteroatoms. The first-order valence-electron chi connectivity index (χ1n) is 6.25. The fraction of sp³-hybridized carbons (Fsp3) is 0.545. The number of piperazine rings is 1. The maximum Gasteiger partial charge on any atom is 0.364 e. The van der Waals surface area contributed by atoms with Crippen LogP contribution in [0.5, 0.6) is 0 Å². The number of H-pyrrole nitrogens is 1. The molecule has 0 aliphatic carbocycles. The van der Waals surface area contributed by atoms with Gasteiger partial charge in [0.25, 0.3) is 0 Å². The number of nitrogens with one attached hydrogen (secondary N) is 1. The van der Waals surface area contributed by atoms with Crippen molar-refractivity contribution >= 4 is 23.1 Å². The van der Waals surface area contributed by atoms with Crippen LogP contribution in [-0.2, 0) is 0 Å². The maximum absolute atomic E-state index is 11.5. The average molecular weight is 283 g/mol. The fourth-order valence-electron chi connectivity index (χ4n) is 2.28. The standard InChI is InChI=1S/C11H15ClN6O/c12-3-4-16-5-7-17(8-6-16)10-2-1-9-13-14-11(19)18(9)15-10/h1-2H,3-8H2,(H,14,19). The summed E-state index contributed by atoms with van der Waals surface area (Å²) >= 11 is 5.74. The Bertz CT molecular complexity index is 615. The molecule has 1 aliphatic rings. The lowest BCUT2D eigenvalue weighted by Gasteiger charge is -2.34. The van der Waals surface area contributed by atoms with E-state index >= 15 is 0 Å². The van der Waals surface area contributed by atoms with Gasteiger partial charge in [-0.2, -0.15) is 9.61 Å². The number of aromatic amines is 1. The van der Waals surface area contributed by atoms with Crippen molar-refractivity contribution in [2.75, 3.05) is 43.5 Å².